The third kappa shape index (κ3) is 11.3. The zero-order valence-electron chi connectivity index (χ0n) is 49.2. The van der Waals surface area contributed by atoms with Gasteiger partial charge in [0.2, 0.25) is 23.4 Å². The first-order valence-electron chi connectivity index (χ1n) is 29.1. The van der Waals surface area contributed by atoms with E-state index in [1.165, 1.54) is 64.5 Å². The molecule has 12 unspecified atom stereocenters. The first-order chi connectivity index (χ1) is 41.7. The molecule has 88 heavy (non-hydrogen) atoms. The summed E-state index contributed by atoms with van der Waals surface area (Å²) in [6.45, 7) is 6.04. The number of carbonyl (C=O) groups excluding carboxylic acids is 6. The second kappa shape index (κ2) is 24.7. The number of nitrogens with one attached hydrogen (secondary N) is 2. The second-order valence-electron chi connectivity index (χ2n) is 23.5. The van der Waals surface area contributed by atoms with Crippen molar-refractivity contribution in [2.45, 2.75) is 177 Å². The lowest BCUT2D eigenvalue weighted by molar-refractivity contribution is -0.246. The number of phenols is 4. The number of fused-ring (bicyclic) bond motifs is 6. The van der Waals surface area contributed by atoms with E-state index in [4.69, 9.17) is 39.9 Å². The molecular weight excluding hydrogens is 1150 g/mol. The van der Waals surface area contributed by atoms with E-state index in [1.54, 1.807) is 13.8 Å². The van der Waals surface area contributed by atoms with Crippen molar-refractivity contribution in [3.05, 3.63) is 103 Å². The van der Waals surface area contributed by atoms with Gasteiger partial charge in [0.15, 0.2) is 24.1 Å². The Balaban J connectivity index is 0.774. The van der Waals surface area contributed by atoms with Gasteiger partial charge in [0.05, 0.1) is 95.6 Å². The van der Waals surface area contributed by atoms with Gasteiger partial charge in [-0.15, -0.1) is 0 Å². The molecule has 2 saturated heterocycles. The summed E-state index contributed by atoms with van der Waals surface area (Å²) in [5.41, 5.74) is 10.5. The van der Waals surface area contributed by atoms with Crippen molar-refractivity contribution in [3.8, 4) is 34.5 Å². The quantitative estimate of drug-likeness (QED) is 0.0270. The lowest BCUT2D eigenvalue weighted by atomic mass is 9.71. The molecule has 470 valence electrons. The van der Waals surface area contributed by atoms with Crippen LogP contribution in [0.3, 0.4) is 0 Å². The molecule has 4 aromatic rings. The predicted octanol–water partition coefficient (Wildman–Crippen LogP) is 3.22. The molecule has 26 heteroatoms. The molecule has 4 aliphatic carbocycles. The molecule has 6 aliphatic rings. The summed E-state index contributed by atoms with van der Waals surface area (Å²) in [5, 5.41) is 102. The molecule has 2 heterocycles. The molecule has 2 fully saturated rings. The van der Waals surface area contributed by atoms with E-state index in [0.717, 1.165) is 0 Å². The van der Waals surface area contributed by atoms with Gasteiger partial charge in [-0.3, -0.25) is 28.8 Å². The summed E-state index contributed by atoms with van der Waals surface area (Å²) in [6.07, 6.45) is -8.46. The molecule has 0 saturated carbocycles. The number of methoxy groups -OCH3 is 2. The fourth-order valence-corrected chi connectivity index (χ4v) is 12.9. The van der Waals surface area contributed by atoms with Crippen molar-refractivity contribution < 1.29 is 98.0 Å². The lowest BCUT2D eigenvalue weighted by Gasteiger charge is -2.42. The minimum Gasteiger partial charge on any atom is -0.507 e. The van der Waals surface area contributed by atoms with Crippen molar-refractivity contribution in [1.82, 2.24) is 10.9 Å². The van der Waals surface area contributed by atoms with Crippen LogP contribution in [0.25, 0.3) is 0 Å². The van der Waals surface area contributed by atoms with Crippen LogP contribution < -0.4 is 31.8 Å². The summed E-state index contributed by atoms with van der Waals surface area (Å²) in [4.78, 5) is 82.7. The Morgan fingerprint density at radius 2 is 0.943 bits per heavy atom. The number of nitrogens with two attached hydrogens (primary N) is 2. The van der Waals surface area contributed by atoms with Gasteiger partial charge in [0.1, 0.15) is 45.7 Å². The van der Waals surface area contributed by atoms with Crippen molar-refractivity contribution >= 4 is 46.4 Å². The van der Waals surface area contributed by atoms with Gasteiger partial charge in [-0.25, -0.2) is 10.9 Å². The van der Waals surface area contributed by atoms with Crippen LogP contribution in [0.15, 0.2) is 46.6 Å². The van der Waals surface area contributed by atoms with E-state index >= 15 is 0 Å². The van der Waals surface area contributed by atoms with Gasteiger partial charge in [0.25, 0.3) is 0 Å². The molecule has 12 atom stereocenters. The minimum absolute atomic E-state index is 0.0122. The molecule has 4 aromatic carbocycles. The van der Waals surface area contributed by atoms with E-state index in [1.807, 2.05) is 0 Å². The summed E-state index contributed by atoms with van der Waals surface area (Å²) in [6, 6.07) is 7.17. The Bertz CT molecular complexity index is 3350. The van der Waals surface area contributed by atoms with Gasteiger partial charge in [-0.2, -0.15) is 10.2 Å². The number of aliphatic hydroxyl groups excluding tert-OH is 2. The molecule has 0 aromatic heterocycles. The number of hydrazone groups is 2. The third-order valence-electron chi connectivity index (χ3n) is 17.9. The molecule has 2 aliphatic heterocycles. The SMILES string of the molecule is COc1cccc2c1C(=O)c1c(O)c3c(c(O)c1C2=O)CC(O)(C(C)=NNC(=O)CCCCCCC(=O)NN=C(C)C1(O)Cc2c(O)c4c(c(O)c2C(OC2CC(N)C(O)C(C)O2)C1)C(=O)c1c(OC)cccc1C4=O)CC3OC1CC(N)C(O)C(C)O1. The van der Waals surface area contributed by atoms with E-state index in [2.05, 4.69) is 21.1 Å². The normalized spacial score (nSPS) is 28.4. The smallest absolute Gasteiger partial charge is 0.240 e. The molecule has 26 nitrogen and oxygen atoms in total. The summed E-state index contributed by atoms with van der Waals surface area (Å²) < 4.78 is 35.3. The number of unbranched alkanes of at least 4 members (excludes halogenated alkanes) is 3. The number of hydrogen-bond acceptors (Lipinski definition) is 24. The first-order valence-corrected chi connectivity index (χ1v) is 29.1. The summed E-state index contributed by atoms with van der Waals surface area (Å²) in [7, 11) is 2.64. The van der Waals surface area contributed by atoms with Gasteiger partial charge in [-0.05, 0) is 52.7 Å². The topological polar surface area (TPSA) is 420 Å². The Labute approximate surface area is 504 Å². The number of aliphatic hydroxyl groups is 4. The van der Waals surface area contributed by atoms with E-state index in [9.17, 15) is 69.6 Å². The number of rotatable bonds is 17. The summed E-state index contributed by atoms with van der Waals surface area (Å²) in [5.74, 6) is -6.73. The number of carbonyl (C=O) groups is 6. The number of amides is 2. The monoisotopic (exact) mass is 1220 g/mol. The zero-order valence-corrected chi connectivity index (χ0v) is 49.2. The Morgan fingerprint density at radius 3 is 1.30 bits per heavy atom. The molecule has 2 amide bonds. The number of hydrogen-bond donors (Lipinski definition) is 12. The van der Waals surface area contributed by atoms with Gasteiger partial charge in [0, 0.05) is 96.8 Å². The highest BCUT2D eigenvalue weighted by Gasteiger charge is 2.52. The van der Waals surface area contributed by atoms with Gasteiger partial charge in [-0.1, -0.05) is 37.1 Å². The van der Waals surface area contributed by atoms with Crippen LogP contribution in [-0.4, -0.2) is 162 Å². The second-order valence-corrected chi connectivity index (χ2v) is 23.5. The number of aromatic hydroxyl groups is 4. The average molecular weight is 1220 g/mol. The molecule has 14 N–H and O–H groups in total. The maximum atomic E-state index is 14.1. The molecule has 0 bridgehead atoms. The molecule has 10 rings (SSSR count). The maximum absolute atomic E-state index is 14.1. The number of ketones is 4. The number of phenolic OH excluding ortho intramolecular Hbond substituents is 4. The van der Waals surface area contributed by atoms with Crippen LogP contribution in [0.2, 0.25) is 0 Å². The lowest BCUT2D eigenvalue weighted by Crippen LogP contribution is -2.52. The fourth-order valence-electron chi connectivity index (χ4n) is 12.9. The largest absolute Gasteiger partial charge is 0.507 e. The fraction of sp³-hybridized carbons (Fsp3) is 0.484. The molecule has 0 spiro atoms. The Hall–Kier alpha value is -7.76. The van der Waals surface area contributed by atoms with E-state index < -0.39 is 166 Å². The Kier molecular flexibility index (Phi) is 17.7. The van der Waals surface area contributed by atoms with Crippen LogP contribution in [0.5, 0.6) is 34.5 Å². The predicted molar refractivity (Wildman–Crippen MR) is 310 cm³/mol. The van der Waals surface area contributed by atoms with Gasteiger partial charge < -0.3 is 80.7 Å². The van der Waals surface area contributed by atoms with Crippen LogP contribution in [0.1, 0.15) is 190 Å². The highest BCUT2D eigenvalue weighted by Crippen LogP contribution is 2.55. The highest BCUT2D eigenvalue weighted by molar-refractivity contribution is 6.32. The average Bonchev–Trinajstić information content (AvgIpc) is 0.992. The number of benzene rings is 4. The van der Waals surface area contributed by atoms with Crippen LogP contribution in [0.4, 0.5) is 0 Å². The van der Waals surface area contributed by atoms with Crippen LogP contribution >= 0.6 is 0 Å². The zero-order chi connectivity index (χ0) is 63.6. The molecule has 0 radical (unpaired) electrons. The number of ether oxygens (including phenoxy) is 6. The maximum Gasteiger partial charge on any atom is 0.240 e. The highest BCUT2D eigenvalue weighted by atomic mass is 16.7. The van der Waals surface area contributed by atoms with E-state index in [0.29, 0.717) is 25.7 Å². The van der Waals surface area contributed by atoms with Crippen molar-refractivity contribution in [1.29, 1.82) is 0 Å². The minimum atomic E-state index is -2.00. The standard InChI is InChI=1S/C62H72N6O20/c1-25-51(71)33(63)19-41(85-25)87-37-23-61(81,21-31-45(37)59(79)49-47(55(31)75)53(73)29-13-11-15-35(83-5)43(29)57(49)77)27(3)65-67-39(69)17-9-7-8-10-18-40(70)68-66-28(4)62(82)22-32-46(38(24-62)88-42-20-34(64)52(72)26(2)86-42)60(80)50-48(56(32)76)54(74)30-14-12-16-36(84-6)44(30)58(50)78/h11-16,25-26,33-34,37-38,41-42,51-52,71-72,75-76,79-82H,7-10,17-24,63-64H2,1-6H3,(H,67,69)(H,68,70). The van der Waals surface area contributed by atoms with Crippen molar-refractivity contribution in [2.24, 2.45) is 21.7 Å². The van der Waals surface area contributed by atoms with E-state index in [-0.39, 0.29) is 106 Å². The Morgan fingerprint density at radius 1 is 0.580 bits per heavy atom. The van der Waals surface area contributed by atoms with Crippen LogP contribution in [-0.2, 0) is 41.4 Å². The van der Waals surface area contributed by atoms with Crippen molar-refractivity contribution in [3.63, 3.8) is 0 Å². The van der Waals surface area contributed by atoms with Crippen LogP contribution in [0, 0.1) is 0 Å². The molecular formula is C62H72N6O20. The van der Waals surface area contributed by atoms with Gasteiger partial charge >= 0.3 is 0 Å². The van der Waals surface area contributed by atoms with Crippen molar-refractivity contribution in [2.75, 3.05) is 14.2 Å². The first kappa shape index (κ1) is 63.3. The third-order valence-corrected chi connectivity index (χ3v) is 17.9. The summed E-state index contributed by atoms with van der Waals surface area (Å²) >= 11 is 0. The number of nitrogens with zero attached hydrogens (tertiary/aromatic N) is 2.